The molecule has 0 saturated carbocycles. The van der Waals surface area contributed by atoms with Crippen LogP contribution >= 0.6 is 0 Å². The van der Waals surface area contributed by atoms with E-state index in [4.69, 9.17) is 4.74 Å². The smallest absolute Gasteiger partial charge is 0.270 e. The number of H-pyrrole nitrogens is 1. The predicted octanol–water partition coefficient (Wildman–Crippen LogP) is 3.91. The van der Waals surface area contributed by atoms with Gasteiger partial charge in [-0.2, -0.15) is 4.98 Å². The summed E-state index contributed by atoms with van der Waals surface area (Å²) >= 11 is 0. The highest BCUT2D eigenvalue weighted by atomic mass is 19.1. The normalized spacial score (nSPS) is 16.7. The van der Waals surface area contributed by atoms with E-state index in [1.807, 2.05) is 19.9 Å². The molecule has 4 rings (SSSR count). The average Bonchev–Trinajstić information content (AvgIpc) is 3.17. The molecule has 3 heterocycles. The molecule has 1 aromatic carbocycles. The summed E-state index contributed by atoms with van der Waals surface area (Å²) in [4.78, 5) is 26.4. The maximum absolute atomic E-state index is 13.1. The quantitative estimate of drug-likeness (QED) is 0.728. The van der Waals surface area contributed by atoms with Crippen molar-refractivity contribution in [2.45, 2.75) is 32.8 Å². The van der Waals surface area contributed by atoms with E-state index in [9.17, 15) is 9.18 Å². The number of carbonyl (C=O) groups excluding carboxylic acids is 1. The molecule has 0 bridgehead atoms. The Morgan fingerprint density at radius 1 is 1.17 bits per heavy atom. The second-order valence-corrected chi connectivity index (χ2v) is 7.34. The number of amides is 1. The summed E-state index contributed by atoms with van der Waals surface area (Å²) < 4.78 is 19.2. The average molecular weight is 394 g/mol. The zero-order valence-corrected chi connectivity index (χ0v) is 16.5. The summed E-state index contributed by atoms with van der Waals surface area (Å²) in [6.45, 7) is 4.93. The summed E-state index contributed by atoms with van der Waals surface area (Å²) in [5.74, 6) is 0.868. The molecule has 6 nitrogen and oxygen atoms in total. The number of piperidine rings is 1. The first-order valence-electron chi connectivity index (χ1n) is 9.70. The van der Waals surface area contributed by atoms with Crippen LogP contribution in [-0.4, -0.2) is 45.0 Å². The van der Waals surface area contributed by atoms with Crippen LogP contribution in [0.3, 0.4) is 0 Å². The highest BCUT2D eigenvalue weighted by molar-refractivity contribution is 5.94. The van der Waals surface area contributed by atoms with E-state index in [0.717, 1.165) is 29.7 Å². The Morgan fingerprint density at radius 2 is 1.97 bits per heavy atom. The Hall–Kier alpha value is -3.22. The zero-order chi connectivity index (χ0) is 20.4. The molecule has 150 valence electrons. The lowest BCUT2D eigenvalue weighted by Gasteiger charge is -2.32. The maximum atomic E-state index is 13.1. The third-order valence-corrected chi connectivity index (χ3v) is 4.99. The third kappa shape index (κ3) is 4.45. The van der Waals surface area contributed by atoms with Crippen LogP contribution in [0.25, 0.3) is 11.1 Å². The Kier molecular flexibility index (Phi) is 5.29. The van der Waals surface area contributed by atoms with E-state index >= 15 is 0 Å². The summed E-state index contributed by atoms with van der Waals surface area (Å²) in [5, 5.41) is 0. The molecule has 1 saturated heterocycles. The Balaban J connectivity index is 1.44. The van der Waals surface area contributed by atoms with Crippen molar-refractivity contribution in [1.29, 1.82) is 0 Å². The number of hydrogen-bond donors (Lipinski definition) is 1. The van der Waals surface area contributed by atoms with Crippen LogP contribution in [0.1, 0.15) is 34.8 Å². The molecule has 1 aliphatic rings. The first kappa shape index (κ1) is 19.1. The number of hydrogen-bond acceptors (Lipinski definition) is 4. The van der Waals surface area contributed by atoms with Crippen molar-refractivity contribution in [2.24, 2.45) is 0 Å². The van der Waals surface area contributed by atoms with E-state index in [1.165, 1.54) is 12.1 Å². The number of aromatic amines is 1. The Bertz CT molecular complexity index is 996. The Morgan fingerprint density at radius 3 is 2.72 bits per heavy atom. The number of halogens is 1. The second kappa shape index (κ2) is 8.03. The van der Waals surface area contributed by atoms with Crippen LogP contribution < -0.4 is 4.74 Å². The number of nitrogens with one attached hydrogen (secondary N) is 1. The minimum atomic E-state index is -0.283. The van der Waals surface area contributed by atoms with E-state index in [-0.39, 0.29) is 17.8 Å². The van der Waals surface area contributed by atoms with Crippen LogP contribution in [0, 0.1) is 19.7 Å². The topological polar surface area (TPSA) is 71.1 Å². The van der Waals surface area contributed by atoms with Gasteiger partial charge in [-0.25, -0.2) is 9.37 Å². The predicted molar refractivity (Wildman–Crippen MR) is 107 cm³/mol. The molecule has 1 N–H and O–H groups in total. The number of carbonyl (C=O) groups is 1. The molecule has 1 fully saturated rings. The van der Waals surface area contributed by atoms with Crippen LogP contribution in [0.15, 0.2) is 42.6 Å². The molecule has 1 amide bonds. The van der Waals surface area contributed by atoms with Gasteiger partial charge in [0.2, 0.25) is 5.88 Å². The fourth-order valence-electron chi connectivity index (χ4n) is 3.63. The second-order valence-electron chi connectivity index (χ2n) is 7.34. The first-order chi connectivity index (χ1) is 14.0. The summed E-state index contributed by atoms with van der Waals surface area (Å²) in [5.41, 5.74) is 3.08. The van der Waals surface area contributed by atoms with Gasteiger partial charge in [0.25, 0.3) is 5.91 Å². The van der Waals surface area contributed by atoms with Crippen LogP contribution in [0.2, 0.25) is 0 Å². The number of nitrogens with zero attached hydrogens (tertiary/aromatic N) is 3. The van der Waals surface area contributed by atoms with E-state index in [2.05, 4.69) is 15.0 Å². The van der Waals surface area contributed by atoms with Gasteiger partial charge >= 0.3 is 0 Å². The summed E-state index contributed by atoms with van der Waals surface area (Å²) in [6.07, 6.45) is 3.40. The lowest BCUT2D eigenvalue weighted by molar-refractivity contribution is 0.0522. The molecule has 2 aromatic heterocycles. The van der Waals surface area contributed by atoms with Gasteiger partial charge in [0.1, 0.15) is 23.4 Å². The molecule has 29 heavy (non-hydrogen) atoms. The molecule has 0 spiro atoms. The zero-order valence-electron chi connectivity index (χ0n) is 16.5. The first-order valence-corrected chi connectivity index (χ1v) is 9.70. The largest absolute Gasteiger partial charge is 0.472 e. The minimum Gasteiger partial charge on any atom is -0.472 e. The van der Waals surface area contributed by atoms with Crippen LogP contribution in [-0.2, 0) is 0 Å². The van der Waals surface area contributed by atoms with E-state index < -0.39 is 0 Å². The molecule has 0 unspecified atom stereocenters. The van der Waals surface area contributed by atoms with E-state index in [1.54, 1.807) is 29.3 Å². The molecule has 1 atom stereocenters. The SMILES string of the molecule is Cc1cc(O[C@@H]2CCCN(C(=O)c3cc(-c4ccc(F)cc4)c[nH]3)C2)nc(C)n1. The molecule has 0 radical (unpaired) electrons. The van der Waals surface area contributed by atoms with Gasteiger partial charge in [-0.15, -0.1) is 0 Å². The monoisotopic (exact) mass is 394 g/mol. The van der Waals surface area contributed by atoms with Gasteiger partial charge in [0, 0.05) is 24.5 Å². The summed E-state index contributed by atoms with van der Waals surface area (Å²) in [6, 6.07) is 9.83. The number of aromatic nitrogens is 3. The fraction of sp³-hybridized carbons (Fsp3) is 0.318. The number of aryl methyl sites for hydroxylation is 2. The van der Waals surface area contributed by atoms with Crippen molar-refractivity contribution in [1.82, 2.24) is 19.9 Å². The molecule has 0 aliphatic carbocycles. The number of ether oxygens (including phenoxy) is 1. The van der Waals surface area contributed by atoms with Gasteiger partial charge in [-0.05, 0) is 56.0 Å². The standard InChI is InChI=1S/C22H23FN4O2/c1-14-10-21(26-15(2)25-14)29-19-4-3-9-27(13-19)22(28)20-11-17(12-24-20)16-5-7-18(23)8-6-16/h5-8,10-12,19,24H,3-4,9,13H2,1-2H3/t19-/m1/s1. The summed E-state index contributed by atoms with van der Waals surface area (Å²) in [7, 11) is 0. The highest BCUT2D eigenvalue weighted by Gasteiger charge is 2.27. The fourth-order valence-corrected chi connectivity index (χ4v) is 3.63. The highest BCUT2D eigenvalue weighted by Crippen LogP contribution is 2.23. The van der Waals surface area contributed by atoms with Crippen molar-refractivity contribution in [2.75, 3.05) is 13.1 Å². The van der Waals surface area contributed by atoms with E-state index in [0.29, 0.717) is 30.5 Å². The molecular formula is C22H23FN4O2. The number of benzene rings is 1. The number of rotatable bonds is 4. The Labute approximate surface area is 168 Å². The third-order valence-electron chi connectivity index (χ3n) is 4.99. The van der Waals surface area contributed by atoms with Crippen molar-refractivity contribution in [3.63, 3.8) is 0 Å². The van der Waals surface area contributed by atoms with Crippen LogP contribution in [0.5, 0.6) is 5.88 Å². The molecule has 1 aliphatic heterocycles. The lowest BCUT2D eigenvalue weighted by atomic mass is 10.1. The molecular weight excluding hydrogens is 371 g/mol. The van der Waals surface area contributed by atoms with Gasteiger partial charge in [0.15, 0.2) is 0 Å². The van der Waals surface area contributed by atoms with Crippen molar-refractivity contribution < 1.29 is 13.9 Å². The van der Waals surface area contributed by atoms with Gasteiger partial charge in [-0.1, -0.05) is 12.1 Å². The van der Waals surface area contributed by atoms with Gasteiger partial charge in [-0.3, -0.25) is 4.79 Å². The van der Waals surface area contributed by atoms with Gasteiger partial charge < -0.3 is 14.6 Å². The number of likely N-dealkylation sites (tertiary alicyclic amines) is 1. The minimum absolute atomic E-state index is 0.0679. The van der Waals surface area contributed by atoms with Crippen molar-refractivity contribution >= 4 is 5.91 Å². The lowest BCUT2D eigenvalue weighted by Crippen LogP contribution is -2.44. The van der Waals surface area contributed by atoms with Crippen LogP contribution in [0.4, 0.5) is 4.39 Å². The molecule has 3 aromatic rings. The maximum Gasteiger partial charge on any atom is 0.270 e. The van der Waals surface area contributed by atoms with Gasteiger partial charge in [0.05, 0.1) is 6.54 Å². The van der Waals surface area contributed by atoms with Crippen molar-refractivity contribution in [3.8, 4) is 17.0 Å². The molecule has 7 heteroatoms. The van der Waals surface area contributed by atoms with Crippen molar-refractivity contribution in [3.05, 3.63) is 65.6 Å².